The van der Waals surface area contributed by atoms with Crippen LogP contribution < -0.4 is 5.32 Å². The standard InChI is InChI=1S/C11H11ClFNO3/c1-5-3-4-7(9(13)8(5)12)10(15)14-6(2)11(16)17/h3-4,6H,1-2H3,(H,14,15)(H,16,17)/t6-/m1/s1. The highest BCUT2D eigenvalue weighted by molar-refractivity contribution is 6.31. The van der Waals surface area contributed by atoms with E-state index in [4.69, 9.17) is 16.7 Å². The molecule has 0 spiro atoms. The number of nitrogens with one attached hydrogen (secondary N) is 1. The normalized spacial score (nSPS) is 12.0. The Balaban J connectivity index is 2.98. The van der Waals surface area contributed by atoms with Crippen LogP contribution in [0.15, 0.2) is 12.1 Å². The predicted octanol–water partition coefficient (Wildman–Crippen LogP) is 1.99. The Morgan fingerprint density at radius 1 is 1.47 bits per heavy atom. The molecule has 92 valence electrons. The van der Waals surface area contributed by atoms with Crippen molar-refractivity contribution < 1.29 is 19.1 Å². The summed E-state index contributed by atoms with van der Waals surface area (Å²) in [5.41, 5.74) is 0.237. The van der Waals surface area contributed by atoms with Gasteiger partial charge in [-0.25, -0.2) is 4.39 Å². The molecule has 0 radical (unpaired) electrons. The molecule has 0 fully saturated rings. The molecule has 0 unspecified atom stereocenters. The number of aliphatic carboxylic acids is 1. The molecule has 1 aromatic carbocycles. The minimum Gasteiger partial charge on any atom is -0.480 e. The van der Waals surface area contributed by atoms with Gasteiger partial charge >= 0.3 is 5.97 Å². The summed E-state index contributed by atoms with van der Waals surface area (Å²) in [6, 6.07) is 1.66. The molecular formula is C11H11ClFNO3. The average molecular weight is 260 g/mol. The first-order valence-electron chi connectivity index (χ1n) is 4.83. The molecule has 1 atom stereocenters. The van der Waals surface area contributed by atoms with Crippen LogP contribution in [0, 0.1) is 12.7 Å². The maximum absolute atomic E-state index is 13.6. The summed E-state index contributed by atoms with van der Waals surface area (Å²) in [5.74, 6) is -2.85. The van der Waals surface area contributed by atoms with E-state index in [1.807, 2.05) is 0 Å². The molecule has 2 N–H and O–H groups in total. The van der Waals surface area contributed by atoms with Gasteiger partial charge in [0.15, 0.2) is 5.82 Å². The van der Waals surface area contributed by atoms with Crippen molar-refractivity contribution >= 4 is 23.5 Å². The van der Waals surface area contributed by atoms with Gasteiger partial charge in [-0.05, 0) is 25.5 Å². The van der Waals surface area contributed by atoms with Crippen LogP contribution in [0.4, 0.5) is 4.39 Å². The molecule has 0 aliphatic heterocycles. The van der Waals surface area contributed by atoms with Crippen LogP contribution in [0.2, 0.25) is 5.02 Å². The van der Waals surface area contributed by atoms with E-state index in [9.17, 15) is 14.0 Å². The highest BCUT2D eigenvalue weighted by atomic mass is 35.5. The number of halogens is 2. The molecule has 0 bridgehead atoms. The van der Waals surface area contributed by atoms with Crippen LogP contribution in [0.3, 0.4) is 0 Å². The van der Waals surface area contributed by atoms with E-state index in [1.165, 1.54) is 19.1 Å². The molecule has 1 rings (SSSR count). The van der Waals surface area contributed by atoms with Crippen molar-refractivity contribution in [2.24, 2.45) is 0 Å². The van der Waals surface area contributed by atoms with Crippen molar-refractivity contribution in [1.82, 2.24) is 5.32 Å². The first-order valence-corrected chi connectivity index (χ1v) is 5.20. The first kappa shape index (κ1) is 13.4. The third-order valence-electron chi connectivity index (χ3n) is 2.24. The van der Waals surface area contributed by atoms with Crippen molar-refractivity contribution in [2.45, 2.75) is 19.9 Å². The predicted molar refractivity (Wildman–Crippen MR) is 60.7 cm³/mol. The molecule has 6 heteroatoms. The SMILES string of the molecule is Cc1ccc(C(=O)N[C@H](C)C(=O)O)c(F)c1Cl. The summed E-state index contributed by atoms with van der Waals surface area (Å²) in [5, 5.41) is 10.6. The molecule has 0 heterocycles. The topological polar surface area (TPSA) is 66.4 Å². The van der Waals surface area contributed by atoms with Gasteiger partial charge in [-0.3, -0.25) is 9.59 Å². The summed E-state index contributed by atoms with van der Waals surface area (Å²) in [7, 11) is 0. The van der Waals surface area contributed by atoms with Gasteiger partial charge in [0.1, 0.15) is 6.04 Å². The molecule has 0 saturated heterocycles. The number of hydrogen-bond donors (Lipinski definition) is 2. The number of aryl methyl sites for hydroxylation is 1. The number of carboxylic acid groups (broad SMARTS) is 1. The Hall–Kier alpha value is -1.62. The Bertz CT molecular complexity index is 476. The molecule has 1 amide bonds. The van der Waals surface area contributed by atoms with Crippen molar-refractivity contribution in [3.05, 3.63) is 34.1 Å². The van der Waals surface area contributed by atoms with Crippen molar-refractivity contribution in [3.8, 4) is 0 Å². The van der Waals surface area contributed by atoms with Gasteiger partial charge in [0.25, 0.3) is 5.91 Å². The second-order valence-corrected chi connectivity index (χ2v) is 3.97. The first-order chi connectivity index (χ1) is 7.84. The van der Waals surface area contributed by atoms with Gasteiger partial charge in [0.2, 0.25) is 0 Å². The number of benzene rings is 1. The lowest BCUT2D eigenvalue weighted by Gasteiger charge is -2.11. The van der Waals surface area contributed by atoms with Crippen LogP contribution in [0.1, 0.15) is 22.8 Å². The van der Waals surface area contributed by atoms with Crippen LogP contribution in [-0.4, -0.2) is 23.0 Å². The molecule has 4 nitrogen and oxygen atoms in total. The van der Waals surface area contributed by atoms with Gasteiger partial charge in [0.05, 0.1) is 10.6 Å². The molecule has 0 aromatic heterocycles. The molecule has 17 heavy (non-hydrogen) atoms. The zero-order valence-electron chi connectivity index (χ0n) is 9.25. The lowest BCUT2D eigenvalue weighted by molar-refractivity contribution is -0.138. The molecule has 0 aliphatic carbocycles. The number of carbonyl (C=O) groups excluding carboxylic acids is 1. The minimum absolute atomic E-state index is 0.138. The van der Waals surface area contributed by atoms with Gasteiger partial charge in [-0.15, -0.1) is 0 Å². The molecule has 1 aromatic rings. The van der Waals surface area contributed by atoms with Gasteiger partial charge in [0, 0.05) is 0 Å². The maximum atomic E-state index is 13.6. The maximum Gasteiger partial charge on any atom is 0.325 e. The highest BCUT2D eigenvalue weighted by Gasteiger charge is 2.19. The fourth-order valence-electron chi connectivity index (χ4n) is 1.16. The van der Waals surface area contributed by atoms with E-state index >= 15 is 0 Å². The largest absolute Gasteiger partial charge is 0.480 e. The fourth-order valence-corrected chi connectivity index (χ4v) is 1.32. The Morgan fingerprint density at radius 3 is 2.59 bits per heavy atom. The number of carboxylic acids is 1. The molecule has 0 saturated carbocycles. The summed E-state index contributed by atoms with van der Waals surface area (Å²) in [6.45, 7) is 2.89. The van der Waals surface area contributed by atoms with E-state index in [1.54, 1.807) is 6.92 Å². The van der Waals surface area contributed by atoms with E-state index in [-0.39, 0.29) is 10.6 Å². The molecular weight excluding hydrogens is 249 g/mol. The van der Waals surface area contributed by atoms with Gasteiger partial charge in [-0.2, -0.15) is 0 Å². The van der Waals surface area contributed by atoms with Gasteiger partial charge in [-0.1, -0.05) is 17.7 Å². The highest BCUT2D eigenvalue weighted by Crippen LogP contribution is 2.22. The lowest BCUT2D eigenvalue weighted by atomic mass is 10.1. The number of amides is 1. The van der Waals surface area contributed by atoms with Crippen molar-refractivity contribution in [1.29, 1.82) is 0 Å². The summed E-state index contributed by atoms with van der Waals surface area (Å²) in [6.07, 6.45) is 0. The monoisotopic (exact) mass is 259 g/mol. The summed E-state index contributed by atoms with van der Waals surface area (Å²) in [4.78, 5) is 22.1. The quantitative estimate of drug-likeness (QED) is 0.872. The summed E-state index contributed by atoms with van der Waals surface area (Å²) >= 11 is 5.65. The number of rotatable bonds is 3. The Kier molecular flexibility index (Phi) is 4.07. The Labute approximate surface area is 102 Å². The van der Waals surface area contributed by atoms with Crippen molar-refractivity contribution in [3.63, 3.8) is 0 Å². The zero-order valence-corrected chi connectivity index (χ0v) is 10.0. The van der Waals surface area contributed by atoms with Gasteiger partial charge < -0.3 is 10.4 Å². The lowest BCUT2D eigenvalue weighted by Crippen LogP contribution is -2.38. The van der Waals surface area contributed by atoms with E-state index < -0.39 is 23.7 Å². The average Bonchev–Trinajstić information content (AvgIpc) is 2.25. The second kappa shape index (κ2) is 5.14. The van der Waals surface area contributed by atoms with Crippen LogP contribution in [0.5, 0.6) is 0 Å². The van der Waals surface area contributed by atoms with Crippen LogP contribution >= 0.6 is 11.6 Å². The zero-order chi connectivity index (χ0) is 13.2. The van der Waals surface area contributed by atoms with E-state index in [0.717, 1.165) is 0 Å². The minimum atomic E-state index is -1.20. The van der Waals surface area contributed by atoms with Crippen LogP contribution in [0.25, 0.3) is 0 Å². The van der Waals surface area contributed by atoms with Crippen LogP contribution in [-0.2, 0) is 4.79 Å². The number of hydrogen-bond acceptors (Lipinski definition) is 2. The van der Waals surface area contributed by atoms with E-state index in [0.29, 0.717) is 5.56 Å². The number of carbonyl (C=O) groups is 2. The third kappa shape index (κ3) is 2.94. The van der Waals surface area contributed by atoms with E-state index in [2.05, 4.69) is 5.32 Å². The third-order valence-corrected chi connectivity index (χ3v) is 2.70. The van der Waals surface area contributed by atoms with Crippen molar-refractivity contribution in [2.75, 3.05) is 0 Å². The second-order valence-electron chi connectivity index (χ2n) is 3.59. The fraction of sp³-hybridized carbons (Fsp3) is 0.273. The smallest absolute Gasteiger partial charge is 0.325 e. The Morgan fingerprint density at radius 2 is 2.06 bits per heavy atom. The summed E-state index contributed by atoms with van der Waals surface area (Å²) < 4.78 is 13.6. The molecule has 0 aliphatic rings.